The average Bonchev–Trinajstić information content (AvgIpc) is 2.68. The minimum Gasteiger partial charge on any atom is -0.490 e. The van der Waals surface area contributed by atoms with Gasteiger partial charge < -0.3 is 9.15 Å². The van der Waals surface area contributed by atoms with E-state index in [1.54, 1.807) is 6.08 Å². The molecule has 2 nitrogen and oxygen atoms in total. The first kappa shape index (κ1) is 11.8. The van der Waals surface area contributed by atoms with Crippen molar-refractivity contribution in [3.8, 4) is 5.75 Å². The maximum Gasteiger partial charge on any atom is 0.134 e. The van der Waals surface area contributed by atoms with Gasteiger partial charge in [-0.2, -0.15) is 0 Å². The number of furan rings is 1. The van der Waals surface area contributed by atoms with Gasteiger partial charge in [0, 0.05) is 10.8 Å². The zero-order valence-electron chi connectivity index (χ0n) is 10.6. The highest BCUT2D eigenvalue weighted by Gasteiger charge is 2.18. The van der Waals surface area contributed by atoms with E-state index < -0.39 is 0 Å². The summed E-state index contributed by atoms with van der Waals surface area (Å²) in [5.41, 5.74) is 0.933. The first-order valence-electron chi connectivity index (χ1n) is 5.78. The lowest BCUT2D eigenvalue weighted by Crippen LogP contribution is -2.08. The van der Waals surface area contributed by atoms with Gasteiger partial charge in [-0.1, -0.05) is 33.4 Å². The molecule has 0 amide bonds. The molecular weight excluding hydrogens is 212 g/mol. The summed E-state index contributed by atoms with van der Waals surface area (Å²) in [4.78, 5) is 0. The Bertz CT molecular complexity index is 529. The SMILES string of the molecule is C=CCOc1ccc2oc(C(C)(C)C)cc2c1. The predicted octanol–water partition coefficient (Wildman–Crippen LogP) is 4.30. The molecule has 0 spiro atoms. The second-order valence-electron chi connectivity index (χ2n) is 5.16. The van der Waals surface area contributed by atoms with Crippen LogP contribution in [0.4, 0.5) is 0 Å². The van der Waals surface area contributed by atoms with Crippen molar-refractivity contribution in [1.82, 2.24) is 0 Å². The van der Waals surface area contributed by atoms with E-state index in [9.17, 15) is 0 Å². The third-order valence-electron chi connectivity index (χ3n) is 2.59. The lowest BCUT2D eigenvalue weighted by Gasteiger charge is -2.13. The third-order valence-corrected chi connectivity index (χ3v) is 2.59. The van der Waals surface area contributed by atoms with Crippen LogP contribution < -0.4 is 4.74 Å². The number of ether oxygens (including phenoxy) is 1. The Morgan fingerprint density at radius 3 is 2.71 bits per heavy atom. The van der Waals surface area contributed by atoms with E-state index in [1.165, 1.54) is 0 Å². The van der Waals surface area contributed by atoms with Gasteiger partial charge in [0.1, 0.15) is 23.7 Å². The van der Waals surface area contributed by atoms with Gasteiger partial charge >= 0.3 is 0 Å². The number of benzene rings is 1. The number of rotatable bonds is 3. The molecule has 0 aliphatic heterocycles. The smallest absolute Gasteiger partial charge is 0.134 e. The highest BCUT2D eigenvalue weighted by atomic mass is 16.5. The van der Waals surface area contributed by atoms with E-state index in [0.717, 1.165) is 22.5 Å². The number of hydrogen-bond acceptors (Lipinski definition) is 2. The predicted molar refractivity (Wildman–Crippen MR) is 70.6 cm³/mol. The van der Waals surface area contributed by atoms with E-state index in [0.29, 0.717) is 6.61 Å². The summed E-state index contributed by atoms with van der Waals surface area (Å²) in [7, 11) is 0. The van der Waals surface area contributed by atoms with Gasteiger partial charge in [-0.25, -0.2) is 0 Å². The Balaban J connectivity index is 2.37. The molecule has 0 N–H and O–H groups in total. The lowest BCUT2D eigenvalue weighted by molar-refractivity contribution is 0.363. The molecule has 2 aromatic rings. The van der Waals surface area contributed by atoms with Gasteiger partial charge in [0.2, 0.25) is 0 Å². The van der Waals surface area contributed by atoms with E-state index in [-0.39, 0.29) is 5.41 Å². The van der Waals surface area contributed by atoms with Gasteiger partial charge in [0.05, 0.1) is 0 Å². The summed E-state index contributed by atoms with van der Waals surface area (Å²) in [6.45, 7) is 10.6. The van der Waals surface area contributed by atoms with E-state index >= 15 is 0 Å². The molecule has 1 heterocycles. The topological polar surface area (TPSA) is 22.4 Å². The summed E-state index contributed by atoms with van der Waals surface area (Å²) in [6.07, 6.45) is 1.74. The molecule has 1 aromatic heterocycles. The zero-order valence-corrected chi connectivity index (χ0v) is 10.6. The first-order chi connectivity index (χ1) is 8.00. The maximum atomic E-state index is 5.82. The molecule has 0 bridgehead atoms. The van der Waals surface area contributed by atoms with Gasteiger partial charge in [0.25, 0.3) is 0 Å². The van der Waals surface area contributed by atoms with Crippen molar-refractivity contribution < 1.29 is 9.15 Å². The third kappa shape index (κ3) is 2.52. The first-order valence-corrected chi connectivity index (χ1v) is 5.78. The summed E-state index contributed by atoms with van der Waals surface area (Å²) in [5, 5.41) is 1.08. The van der Waals surface area contributed by atoms with Crippen LogP contribution in [-0.4, -0.2) is 6.61 Å². The van der Waals surface area contributed by atoms with Crippen LogP contribution in [0, 0.1) is 0 Å². The molecular formula is C15H18O2. The van der Waals surface area contributed by atoms with Crippen LogP contribution in [-0.2, 0) is 5.41 Å². The fourth-order valence-corrected chi connectivity index (χ4v) is 1.64. The van der Waals surface area contributed by atoms with Crippen molar-refractivity contribution in [1.29, 1.82) is 0 Å². The lowest BCUT2D eigenvalue weighted by atomic mass is 9.93. The molecule has 0 fully saturated rings. The monoisotopic (exact) mass is 230 g/mol. The average molecular weight is 230 g/mol. The van der Waals surface area contributed by atoms with Crippen molar-refractivity contribution in [2.75, 3.05) is 6.61 Å². The van der Waals surface area contributed by atoms with Gasteiger partial charge in [-0.3, -0.25) is 0 Å². The minimum atomic E-state index is 0.0289. The zero-order chi connectivity index (χ0) is 12.5. The van der Waals surface area contributed by atoms with Crippen LogP contribution in [0.3, 0.4) is 0 Å². The van der Waals surface area contributed by atoms with Crippen LogP contribution in [0.1, 0.15) is 26.5 Å². The Morgan fingerprint density at radius 1 is 1.29 bits per heavy atom. The Morgan fingerprint density at radius 2 is 2.06 bits per heavy atom. The Labute approximate surface area is 102 Å². The molecule has 2 rings (SSSR count). The van der Waals surface area contributed by atoms with E-state index in [1.807, 2.05) is 18.2 Å². The van der Waals surface area contributed by atoms with Crippen LogP contribution in [0.15, 0.2) is 41.3 Å². The fraction of sp³-hybridized carbons (Fsp3) is 0.333. The van der Waals surface area contributed by atoms with Crippen LogP contribution in [0.5, 0.6) is 5.75 Å². The van der Waals surface area contributed by atoms with Crippen LogP contribution in [0.2, 0.25) is 0 Å². The van der Waals surface area contributed by atoms with Crippen molar-refractivity contribution in [2.24, 2.45) is 0 Å². The molecule has 2 heteroatoms. The highest BCUT2D eigenvalue weighted by Crippen LogP contribution is 2.30. The molecule has 0 radical (unpaired) electrons. The van der Waals surface area contributed by atoms with Gasteiger partial charge in [-0.15, -0.1) is 0 Å². The second-order valence-corrected chi connectivity index (χ2v) is 5.16. The summed E-state index contributed by atoms with van der Waals surface area (Å²) < 4.78 is 11.3. The van der Waals surface area contributed by atoms with E-state index in [4.69, 9.17) is 9.15 Å². The fourth-order valence-electron chi connectivity index (χ4n) is 1.64. The molecule has 0 saturated carbocycles. The summed E-state index contributed by atoms with van der Waals surface area (Å²) in [6, 6.07) is 7.94. The number of fused-ring (bicyclic) bond motifs is 1. The normalized spacial score (nSPS) is 11.7. The summed E-state index contributed by atoms with van der Waals surface area (Å²) >= 11 is 0. The van der Waals surface area contributed by atoms with Gasteiger partial charge in [0.15, 0.2) is 0 Å². The molecule has 1 aromatic carbocycles. The van der Waals surface area contributed by atoms with Crippen LogP contribution in [0.25, 0.3) is 11.0 Å². The molecule has 0 saturated heterocycles. The molecule has 17 heavy (non-hydrogen) atoms. The molecule has 0 aliphatic rings. The standard InChI is InChI=1S/C15H18O2/c1-5-8-16-12-6-7-13-11(9-12)10-14(17-13)15(2,3)4/h5-7,9-10H,1,8H2,2-4H3. The Hall–Kier alpha value is -1.70. The second kappa shape index (κ2) is 4.28. The Kier molecular flexibility index (Phi) is 2.97. The maximum absolute atomic E-state index is 5.82. The molecule has 0 aliphatic carbocycles. The quantitative estimate of drug-likeness (QED) is 0.734. The molecule has 0 unspecified atom stereocenters. The molecule has 90 valence electrons. The minimum absolute atomic E-state index is 0.0289. The highest BCUT2D eigenvalue weighted by molar-refractivity contribution is 5.79. The molecule has 0 atom stereocenters. The van der Waals surface area contributed by atoms with Crippen molar-refractivity contribution in [3.05, 3.63) is 42.7 Å². The van der Waals surface area contributed by atoms with Gasteiger partial charge in [-0.05, 0) is 24.3 Å². The number of hydrogen-bond donors (Lipinski definition) is 0. The van der Waals surface area contributed by atoms with Crippen molar-refractivity contribution in [3.63, 3.8) is 0 Å². The largest absolute Gasteiger partial charge is 0.490 e. The van der Waals surface area contributed by atoms with Crippen molar-refractivity contribution >= 4 is 11.0 Å². The van der Waals surface area contributed by atoms with Crippen LogP contribution >= 0.6 is 0 Å². The van der Waals surface area contributed by atoms with Crippen molar-refractivity contribution in [2.45, 2.75) is 26.2 Å². The van der Waals surface area contributed by atoms with E-state index in [2.05, 4.69) is 33.4 Å². The summed E-state index contributed by atoms with van der Waals surface area (Å²) in [5.74, 6) is 1.84.